The number of anilines is 1. The summed E-state index contributed by atoms with van der Waals surface area (Å²) in [6.07, 6.45) is 5.62. The van der Waals surface area contributed by atoms with Crippen molar-refractivity contribution in [2.45, 2.75) is 13.1 Å². The fraction of sp³-hybridized carbons (Fsp3) is 0.304. The molecule has 0 atom stereocenters. The Balaban J connectivity index is 1.28. The zero-order valence-electron chi connectivity index (χ0n) is 17.2. The number of rotatable bonds is 5. The number of guanidine groups is 1. The molecule has 1 saturated heterocycles. The van der Waals surface area contributed by atoms with Crippen molar-refractivity contribution in [3.63, 3.8) is 0 Å². The summed E-state index contributed by atoms with van der Waals surface area (Å²) in [4.78, 5) is 13.2. The van der Waals surface area contributed by atoms with Crippen LogP contribution in [0.15, 0.2) is 72.2 Å². The number of imidazole rings is 1. The molecule has 1 fully saturated rings. The fourth-order valence-corrected chi connectivity index (χ4v) is 3.99. The van der Waals surface area contributed by atoms with Crippen LogP contribution in [0.4, 0.5) is 5.69 Å². The number of para-hydroxylation sites is 1. The van der Waals surface area contributed by atoms with E-state index in [0.29, 0.717) is 0 Å². The first-order valence-corrected chi connectivity index (χ1v) is 10.6. The number of halogens is 1. The molecule has 0 bridgehead atoms. The first kappa shape index (κ1) is 20.3. The van der Waals surface area contributed by atoms with Crippen LogP contribution in [0.5, 0.6) is 0 Å². The van der Waals surface area contributed by atoms with E-state index in [4.69, 9.17) is 11.6 Å². The van der Waals surface area contributed by atoms with Crippen LogP contribution in [0.1, 0.15) is 11.1 Å². The van der Waals surface area contributed by atoms with Crippen LogP contribution in [-0.2, 0) is 13.1 Å². The Labute approximate surface area is 182 Å². The van der Waals surface area contributed by atoms with Crippen molar-refractivity contribution < 1.29 is 0 Å². The van der Waals surface area contributed by atoms with E-state index < -0.39 is 0 Å². The fourth-order valence-electron chi connectivity index (χ4n) is 3.73. The van der Waals surface area contributed by atoms with Crippen LogP contribution < -0.4 is 10.2 Å². The van der Waals surface area contributed by atoms with Gasteiger partial charge < -0.3 is 19.7 Å². The molecule has 1 N–H and O–H groups in total. The van der Waals surface area contributed by atoms with Crippen molar-refractivity contribution in [2.75, 3.05) is 38.1 Å². The minimum absolute atomic E-state index is 0.753. The molecular formula is C23H27ClN6. The van der Waals surface area contributed by atoms with Gasteiger partial charge in [0.1, 0.15) is 0 Å². The second-order valence-electron chi connectivity index (χ2n) is 7.38. The SMILES string of the molecule is CN=C(NCc1ccc(Cn2ccnc2)cc1)N1CCN(c2ccccc2Cl)CC1. The lowest BCUT2D eigenvalue weighted by Gasteiger charge is -2.38. The lowest BCUT2D eigenvalue weighted by Crippen LogP contribution is -2.52. The maximum atomic E-state index is 6.36. The molecule has 1 aliphatic heterocycles. The molecule has 0 saturated carbocycles. The molecule has 0 unspecified atom stereocenters. The van der Waals surface area contributed by atoms with Crippen molar-refractivity contribution in [1.29, 1.82) is 0 Å². The van der Waals surface area contributed by atoms with Crippen LogP contribution in [0.2, 0.25) is 5.02 Å². The van der Waals surface area contributed by atoms with Gasteiger partial charge in [0.2, 0.25) is 0 Å². The molecule has 1 aliphatic rings. The predicted molar refractivity (Wildman–Crippen MR) is 123 cm³/mol. The largest absolute Gasteiger partial charge is 0.367 e. The summed E-state index contributed by atoms with van der Waals surface area (Å²) in [7, 11) is 1.84. The molecule has 0 spiro atoms. The van der Waals surface area contributed by atoms with Crippen LogP contribution in [0.25, 0.3) is 0 Å². The molecule has 1 aromatic heterocycles. The number of nitrogens with zero attached hydrogens (tertiary/aromatic N) is 5. The molecule has 7 heteroatoms. The van der Waals surface area contributed by atoms with Gasteiger partial charge in [-0.1, -0.05) is 48.0 Å². The maximum absolute atomic E-state index is 6.36. The molecule has 6 nitrogen and oxygen atoms in total. The van der Waals surface area contributed by atoms with E-state index in [1.165, 1.54) is 11.1 Å². The van der Waals surface area contributed by atoms with Gasteiger partial charge in [0, 0.05) is 58.7 Å². The standard InChI is InChI=1S/C23H27ClN6/c1-25-23(30-14-12-29(13-15-30)22-5-3-2-4-21(22)24)27-16-19-6-8-20(9-7-19)17-28-11-10-26-18-28/h2-11,18H,12-17H2,1H3,(H,25,27). The quantitative estimate of drug-likeness (QED) is 0.505. The number of aliphatic imine (C=N–C) groups is 1. The first-order valence-electron chi connectivity index (χ1n) is 10.2. The molecule has 4 rings (SSSR count). The van der Waals surface area contributed by atoms with E-state index in [1.807, 2.05) is 37.8 Å². The first-order chi connectivity index (χ1) is 14.7. The molecule has 2 aromatic carbocycles. The number of aromatic nitrogens is 2. The highest BCUT2D eigenvalue weighted by Gasteiger charge is 2.20. The highest BCUT2D eigenvalue weighted by Crippen LogP contribution is 2.26. The molecule has 0 radical (unpaired) electrons. The lowest BCUT2D eigenvalue weighted by atomic mass is 10.1. The zero-order chi connectivity index (χ0) is 20.8. The van der Waals surface area contributed by atoms with Gasteiger partial charge in [0.25, 0.3) is 0 Å². The number of hydrogen-bond donors (Lipinski definition) is 1. The van der Waals surface area contributed by atoms with E-state index in [1.54, 1.807) is 6.20 Å². The van der Waals surface area contributed by atoms with Gasteiger partial charge in [-0.05, 0) is 23.3 Å². The average Bonchev–Trinajstić information content (AvgIpc) is 3.29. The minimum Gasteiger partial charge on any atom is -0.367 e. The van der Waals surface area contributed by atoms with Gasteiger partial charge in [0.05, 0.1) is 17.0 Å². The number of nitrogens with one attached hydrogen (secondary N) is 1. The van der Waals surface area contributed by atoms with Crippen molar-refractivity contribution in [2.24, 2.45) is 4.99 Å². The van der Waals surface area contributed by atoms with Crippen LogP contribution in [-0.4, -0.2) is 53.6 Å². The molecule has 0 amide bonds. The van der Waals surface area contributed by atoms with Gasteiger partial charge in [-0.2, -0.15) is 0 Å². The third-order valence-electron chi connectivity index (χ3n) is 5.38. The van der Waals surface area contributed by atoms with Gasteiger partial charge in [-0.15, -0.1) is 0 Å². The summed E-state index contributed by atoms with van der Waals surface area (Å²) < 4.78 is 2.07. The van der Waals surface area contributed by atoms with Crippen molar-refractivity contribution in [1.82, 2.24) is 19.8 Å². The maximum Gasteiger partial charge on any atom is 0.194 e. The van der Waals surface area contributed by atoms with Crippen molar-refractivity contribution in [3.05, 3.63) is 83.4 Å². The molecule has 2 heterocycles. The van der Waals surface area contributed by atoms with E-state index in [0.717, 1.165) is 55.9 Å². The Bertz CT molecular complexity index is 960. The van der Waals surface area contributed by atoms with Gasteiger partial charge in [0.15, 0.2) is 5.96 Å². The number of hydrogen-bond acceptors (Lipinski definition) is 3. The van der Waals surface area contributed by atoms with Crippen molar-refractivity contribution in [3.8, 4) is 0 Å². The third kappa shape index (κ3) is 4.94. The summed E-state index contributed by atoms with van der Waals surface area (Å²) in [6, 6.07) is 16.7. The molecule has 156 valence electrons. The Hall–Kier alpha value is -2.99. The second-order valence-corrected chi connectivity index (χ2v) is 7.78. The molecule has 3 aromatic rings. The van der Waals surface area contributed by atoms with E-state index in [-0.39, 0.29) is 0 Å². The summed E-state index contributed by atoms with van der Waals surface area (Å²) in [6.45, 7) is 5.26. The highest BCUT2D eigenvalue weighted by atomic mass is 35.5. The molecule has 0 aliphatic carbocycles. The Morgan fingerprint density at radius 3 is 2.43 bits per heavy atom. The van der Waals surface area contributed by atoms with Gasteiger partial charge in [-0.3, -0.25) is 4.99 Å². The molecular weight excluding hydrogens is 396 g/mol. The van der Waals surface area contributed by atoms with Gasteiger partial charge in [-0.25, -0.2) is 4.98 Å². The van der Waals surface area contributed by atoms with Gasteiger partial charge >= 0.3 is 0 Å². The monoisotopic (exact) mass is 422 g/mol. The average molecular weight is 423 g/mol. The van der Waals surface area contributed by atoms with E-state index in [2.05, 4.69) is 60.0 Å². The van der Waals surface area contributed by atoms with Crippen LogP contribution in [0.3, 0.4) is 0 Å². The predicted octanol–water partition coefficient (Wildman–Crippen LogP) is 3.48. The zero-order valence-corrected chi connectivity index (χ0v) is 18.0. The number of piperazine rings is 1. The van der Waals surface area contributed by atoms with Crippen molar-refractivity contribution >= 4 is 23.2 Å². The molecule has 30 heavy (non-hydrogen) atoms. The normalized spacial score (nSPS) is 14.8. The Morgan fingerprint density at radius 2 is 1.77 bits per heavy atom. The van der Waals surface area contributed by atoms with E-state index in [9.17, 15) is 0 Å². The lowest BCUT2D eigenvalue weighted by molar-refractivity contribution is 0.372. The minimum atomic E-state index is 0.753. The third-order valence-corrected chi connectivity index (χ3v) is 5.70. The van der Waals surface area contributed by atoms with Crippen LogP contribution in [0, 0.1) is 0 Å². The second kappa shape index (κ2) is 9.67. The smallest absolute Gasteiger partial charge is 0.194 e. The topological polar surface area (TPSA) is 48.7 Å². The Morgan fingerprint density at radius 1 is 1.03 bits per heavy atom. The summed E-state index contributed by atoms with van der Waals surface area (Å²) in [5, 5.41) is 4.31. The number of benzene rings is 2. The van der Waals surface area contributed by atoms with E-state index >= 15 is 0 Å². The Kier molecular flexibility index (Phi) is 6.54. The highest BCUT2D eigenvalue weighted by molar-refractivity contribution is 6.33. The summed E-state index contributed by atoms with van der Waals surface area (Å²) >= 11 is 6.36. The summed E-state index contributed by atoms with van der Waals surface area (Å²) in [5.41, 5.74) is 3.61. The summed E-state index contributed by atoms with van der Waals surface area (Å²) in [5.74, 6) is 0.941. The van der Waals surface area contributed by atoms with Crippen LogP contribution >= 0.6 is 11.6 Å².